The first-order valence-corrected chi connectivity index (χ1v) is 7.01. The van der Waals surface area contributed by atoms with Crippen LogP contribution in [0.15, 0.2) is 18.2 Å². The average molecular weight is 252 g/mol. The predicted molar refractivity (Wildman–Crippen MR) is 74.6 cm³/mol. The molecule has 0 aliphatic carbocycles. The van der Waals surface area contributed by atoms with E-state index in [4.69, 9.17) is 11.6 Å². The van der Waals surface area contributed by atoms with Crippen molar-refractivity contribution in [1.82, 2.24) is 4.90 Å². The number of hydrogen-bond acceptors (Lipinski definition) is 1. The fourth-order valence-electron chi connectivity index (χ4n) is 2.93. The molecule has 94 valence electrons. The zero-order chi connectivity index (χ0) is 12.4. The van der Waals surface area contributed by atoms with Gasteiger partial charge in [-0.05, 0) is 38.3 Å². The van der Waals surface area contributed by atoms with Gasteiger partial charge >= 0.3 is 0 Å². The smallest absolute Gasteiger partial charge is 0.0382 e. The maximum atomic E-state index is 6.08. The number of halogens is 1. The van der Waals surface area contributed by atoms with Gasteiger partial charge in [0.05, 0.1) is 0 Å². The van der Waals surface area contributed by atoms with Gasteiger partial charge in [0.1, 0.15) is 0 Å². The summed E-state index contributed by atoms with van der Waals surface area (Å²) in [5.74, 6) is 1.49. The van der Waals surface area contributed by atoms with Crippen molar-refractivity contribution in [3.63, 3.8) is 0 Å². The van der Waals surface area contributed by atoms with Crippen molar-refractivity contribution in [3.8, 4) is 0 Å². The minimum absolute atomic E-state index is 0.553. The van der Waals surface area contributed by atoms with Crippen LogP contribution in [0.1, 0.15) is 30.0 Å². The van der Waals surface area contributed by atoms with E-state index in [0.717, 1.165) is 18.3 Å². The third-order valence-electron chi connectivity index (χ3n) is 3.82. The van der Waals surface area contributed by atoms with Crippen LogP contribution in [-0.4, -0.2) is 23.4 Å². The van der Waals surface area contributed by atoms with Crippen LogP contribution in [0.5, 0.6) is 0 Å². The van der Waals surface area contributed by atoms with Crippen molar-refractivity contribution in [2.24, 2.45) is 5.92 Å². The molecule has 1 saturated heterocycles. The first kappa shape index (κ1) is 12.9. The largest absolute Gasteiger partial charge is 0.295 e. The molecular weight excluding hydrogens is 230 g/mol. The topological polar surface area (TPSA) is 3.24 Å². The summed E-state index contributed by atoms with van der Waals surface area (Å²) in [6, 6.07) is 7.37. The standard InChI is InChI=1S/C15H22ClN/c1-11-6-12(2)8-14(7-11)10-17-5-4-13(3)15(17)9-16/h6-8,13,15H,4-5,9-10H2,1-3H3. The average Bonchev–Trinajstić information content (AvgIpc) is 2.57. The molecule has 0 N–H and O–H groups in total. The maximum absolute atomic E-state index is 6.08. The van der Waals surface area contributed by atoms with E-state index in [-0.39, 0.29) is 0 Å². The molecule has 0 saturated carbocycles. The monoisotopic (exact) mass is 251 g/mol. The second-order valence-corrected chi connectivity index (χ2v) is 5.76. The fourth-order valence-corrected chi connectivity index (χ4v) is 3.43. The molecule has 0 bridgehead atoms. The number of hydrogen-bond donors (Lipinski definition) is 0. The molecule has 1 nitrogen and oxygen atoms in total. The van der Waals surface area contributed by atoms with Gasteiger partial charge in [-0.1, -0.05) is 36.2 Å². The lowest BCUT2D eigenvalue weighted by Gasteiger charge is -2.25. The van der Waals surface area contributed by atoms with E-state index in [1.165, 1.54) is 29.7 Å². The molecule has 0 radical (unpaired) electrons. The zero-order valence-corrected chi connectivity index (χ0v) is 11.8. The van der Waals surface area contributed by atoms with E-state index < -0.39 is 0 Å². The number of rotatable bonds is 3. The highest BCUT2D eigenvalue weighted by Gasteiger charge is 2.30. The molecule has 1 fully saturated rings. The van der Waals surface area contributed by atoms with Crippen molar-refractivity contribution >= 4 is 11.6 Å². The van der Waals surface area contributed by atoms with Crippen molar-refractivity contribution in [2.45, 2.75) is 39.8 Å². The Balaban J connectivity index is 2.10. The van der Waals surface area contributed by atoms with Gasteiger partial charge in [0.15, 0.2) is 0 Å². The molecule has 0 spiro atoms. The third-order valence-corrected chi connectivity index (χ3v) is 4.14. The molecule has 17 heavy (non-hydrogen) atoms. The highest BCUT2D eigenvalue weighted by Crippen LogP contribution is 2.26. The van der Waals surface area contributed by atoms with Gasteiger partial charge in [-0.15, -0.1) is 11.6 Å². The Morgan fingerprint density at radius 3 is 2.47 bits per heavy atom. The Morgan fingerprint density at radius 1 is 1.24 bits per heavy atom. The molecule has 1 aliphatic rings. The number of alkyl halides is 1. The summed E-state index contributed by atoms with van der Waals surface area (Å²) in [7, 11) is 0. The van der Waals surface area contributed by atoms with Crippen LogP contribution in [0.3, 0.4) is 0 Å². The van der Waals surface area contributed by atoms with Crippen molar-refractivity contribution in [1.29, 1.82) is 0 Å². The highest BCUT2D eigenvalue weighted by molar-refractivity contribution is 6.18. The molecule has 1 aliphatic heterocycles. The van der Waals surface area contributed by atoms with Crippen LogP contribution in [0.4, 0.5) is 0 Å². The predicted octanol–water partition coefficient (Wildman–Crippen LogP) is 3.75. The fraction of sp³-hybridized carbons (Fsp3) is 0.600. The van der Waals surface area contributed by atoms with Crippen LogP contribution in [0.2, 0.25) is 0 Å². The first-order valence-electron chi connectivity index (χ1n) is 6.47. The van der Waals surface area contributed by atoms with Gasteiger partial charge < -0.3 is 0 Å². The third kappa shape index (κ3) is 3.02. The van der Waals surface area contributed by atoms with Crippen LogP contribution < -0.4 is 0 Å². The Morgan fingerprint density at radius 2 is 1.88 bits per heavy atom. The Labute approximate surface area is 110 Å². The van der Waals surface area contributed by atoms with Crippen molar-refractivity contribution in [2.75, 3.05) is 12.4 Å². The Bertz CT molecular complexity index is 368. The van der Waals surface area contributed by atoms with Gasteiger partial charge in [-0.25, -0.2) is 0 Å². The highest BCUT2D eigenvalue weighted by atomic mass is 35.5. The van der Waals surface area contributed by atoms with Gasteiger partial charge in [-0.3, -0.25) is 4.90 Å². The molecule has 0 aromatic heterocycles. The molecule has 2 unspecified atom stereocenters. The van der Waals surface area contributed by atoms with E-state index in [0.29, 0.717) is 6.04 Å². The van der Waals surface area contributed by atoms with E-state index in [9.17, 15) is 0 Å². The van der Waals surface area contributed by atoms with Crippen LogP contribution in [0.25, 0.3) is 0 Å². The van der Waals surface area contributed by atoms with Crippen LogP contribution >= 0.6 is 11.6 Å². The van der Waals surface area contributed by atoms with E-state index in [1.807, 2.05) is 0 Å². The molecule has 1 heterocycles. The van der Waals surface area contributed by atoms with E-state index in [2.05, 4.69) is 43.9 Å². The summed E-state index contributed by atoms with van der Waals surface area (Å²) >= 11 is 6.08. The van der Waals surface area contributed by atoms with Crippen molar-refractivity contribution < 1.29 is 0 Å². The Hall–Kier alpha value is -0.530. The number of nitrogens with zero attached hydrogens (tertiary/aromatic N) is 1. The maximum Gasteiger partial charge on any atom is 0.0382 e. The molecule has 0 amide bonds. The Kier molecular flexibility index (Phi) is 4.11. The first-order chi connectivity index (χ1) is 8.10. The van der Waals surface area contributed by atoms with Crippen LogP contribution in [-0.2, 0) is 6.54 Å². The summed E-state index contributed by atoms with van der Waals surface area (Å²) in [5.41, 5.74) is 4.14. The number of likely N-dealkylation sites (tertiary alicyclic amines) is 1. The van der Waals surface area contributed by atoms with Crippen LogP contribution in [0, 0.1) is 19.8 Å². The lowest BCUT2D eigenvalue weighted by molar-refractivity contribution is 0.242. The molecule has 1 aromatic carbocycles. The van der Waals surface area contributed by atoms with Gasteiger partial charge in [-0.2, -0.15) is 0 Å². The second kappa shape index (κ2) is 5.41. The molecule has 2 heteroatoms. The zero-order valence-electron chi connectivity index (χ0n) is 11.0. The lowest BCUT2D eigenvalue weighted by atomic mass is 10.0. The number of benzene rings is 1. The molecule has 2 rings (SSSR count). The SMILES string of the molecule is Cc1cc(C)cc(CN2CCC(C)C2CCl)c1. The van der Waals surface area contributed by atoms with E-state index >= 15 is 0 Å². The molecule has 1 aromatic rings. The summed E-state index contributed by atoms with van der Waals surface area (Å²) in [5, 5.41) is 0. The quantitative estimate of drug-likeness (QED) is 0.740. The second-order valence-electron chi connectivity index (χ2n) is 5.45. The minimum atomic E-state index is 0.553. The van der Waals surface area contributed by atoms with Crippen molar-refractivity contribution in [3.05, 3.63) is 34.9 Å². The molecule has 2 atom stereocenters. The molecular formula is C15H22ClN. The lowest BCUT2D eigenvalue weighted by Crippen LogP contribution is -2.33. The summed E-state index contributed by atoms with van der Waals surface area (Å²) in [4.78, 5) is 2.53. The van der Waals surface area contributed by atoms with Gasteiger partial charge in [0.25, 0.3) is 0 Å². The number of aryl methyl sites for hydroxylation is 2. The summed E-state index contributed by atoms with van der Waals surface area (Å²) in [6.45, 7) is 8.88. The van der Waals surface area contributed by atoms with Gasteiger partial charge in [0.2, 0.25) is 0 Å². The van der Waals surface area contributed by atoms with Gasteiger partial charge in [0, 0.05) is 18.5 Å². The minimum Gasteiger partial charge on any atom is -0.295 e. The summed E-state index contributed by atoms with van der Waals surface area (Å²) < 4.78 is 0. The normalized spacial score (nSPS) is 25.4. The van der Waals surface area contributed by atoms with E-state index in [1.54, 1.807) is 0 Å². The summed E-state index contributed by atoms with van der Waals surface area (Å²) in [6.07, 6.45) is 1.28.